The molecule has 0 radical (unpaired) electrons. The van der Waals surface area contributed by atoms with E-state index in [-0.39, 0.29) is 0 Å². The van der Waals surface area contributed by atoms with Crippen molar-refractivity contribution in [3.05, 3.63) is 35.4 Å². The van der Waals surface area contributed by atoms with E-state index in [1.165, 1.54) is 12.1 Å². The standard InChI is InChI=1S/C14H20F3N/c1-3-18-10-11(2)7-8-12-5-4-6-13(9-12)14(15,16)17/h4-6,9,11,18H,3,7-8,10H2,1-2H3. The van der Waals surface area contributed by atoms with Gasteiger partial charge in [0.2, 0.25) is 0 Å². The zero-order valence-electron chi connectivity index (χ0n) is 10.8. The zero-order chi connectivity index (χ0) is 13.6. The first-order valence-corrected chi connectivity index (χ1v) is 6.30. The molecule has 1 rings (SSSR count). The third-order valence-electron chi connectivity index (χ3n) is 2.92. The summed E-state index contributed by atoms with van der Waals surface area (Å²) in [4.78, 5) is 0. The molecule has 0 fully saturated rings. The molecular formula is C14H20F3N. The van der Waals surface area contributed by atoms with Crippen LogP contribution in [0.5, 0.6) is 0 Å². The van der Waals surface area contributed by atoms with Crippen LogP contribution in [0, 0.1) is 5.92 Å². The summed E-state index contributed by atoms with van der Waals surface area (Å²) in [6, 6.07) is 5.61. The SMILES string of the molecule is CCNCC(C)CCc1cccc(C(F)(F)F)c1. The molecule has 1 aromatic carbocycles. The summed E-state index contributed by atoms with van der Waals surface area (Å²) in [5.41, 5.74) is 0.201. The van der Waals surface area contributed by atoms with Crippen LogP contribution in [0.3, 0.4) is 0 Å². The minimum Gasteiger partial charge on any atom is -0.317 e. The predicted molar refractivity (Wildman–Crippen MR) is 67.5 cm³/mol. The highest BCUT2D eigenvalue weighted by Crippen LogP contribution is 2.29. The van der Waals surface area contributed by atoms with E-state index < -0.39 is 11.7 Å². The molecule has 1 unspecified atom stereocenters. The van der Waals surface area contributed by atoms with Gasteiger partial charge in [0, 0.05) is 0 Å². The van der Waals surface area contributed by atoms with Crippen LogP contribution >= 0.6 is 0 Å². The van der Waals surface area contributed by atoms with E-state index >= 15 is 0 Å². The third-order valence-corrected chi connectivity index (χ3v) is 2.92. The molecule has 0 saturated carbocycles. The Morgan fingerprint density at radius 1 is 1.28 bits per heavy atom. The second-order valence-corrected chi connectivity index (χ2v) is 4.65. The van der Waals surface area contributed by atoms with Gasteiger partial charge in [-0.05, 0) is 43.5 Å². The lowest BCUT2D eigenvalue weighted by Crippen LogP contribution is -2.20. The van der Waals surface area contributed by atoms with E-state index in [0.29, 0.717) is 12.3 Å². The van der Waals surface area contributed by atoms with E-state index in [0.717, 1.165) is 31.1 Å². The van der Waals surface area contributed by atoms with Gasteiger partial charge in [0.15, 0.2) is 0 Å². The number of hydrogen-bond acceptors (Lipinski definition) is 1. The van der Waals surface area contributed by atoms with Crippen LogP contribution in [0.15, 0.2) is 24.3 Å². The van der Waals surface area contributed by atoms with Crippen molar-refractivity contribution in [2.75, 3.05) is 13.1 Å². The summed E-state index contributed by atoms with van der Waals surface area (Å²) in [5, 5.41) is 3.24. The van der Waals surface area contributed by atoms with Crippen molar-refractivity contribution in [3.8, 4) is 0 Å². The monoisotopic (exact) mass is 259 g/mol. The summed E-state index contributed by atoms with van der Waals surface area (Å²) in [6.07, 6.45) is -2.66. The average molecular weight is 259 g/mol. The van der Waals surface area contributed by atoms with Gasteiger partial charge in [0.25, 0.3) is 0 Å². The summed E-state index contributed by atoms with van der Waals surface area (Å²) >= 11 is 0. The molecule has 0 heterocycles. The molecule has 0 saturated heterocycles. The Morgan fingerprint density at radius 3 is 2.61 bits per heavy atom. The molecule has 0 bridgehead atoms. The molecule has 102 valence electrons. The van der Waals surface area contributed by atoms with Gasteiger partial charge in [-0.3, -0.25) is 0 Å². The summed E-state index contributed by atoms with van der Waals surface area (Å²) in [6.45, 7) is 5.99. The smallest absolute Gasteiger partial charge is 0.317 e. The number of nitrogens with one attached hydrogen (secondary N) is 1. The van der Waals surface area contributed by atoms with Crippen molar-refractivity contribution >= 4 is 0 Å². The lowest BCUT2D eigenvalue weighted by Gasteiger charge is -2.12. The van der Waals surface area contributed by atoms with Gasteiger partial charge in [-0.1, -0.05) is 32.0 Å². The van der Waals surface area contributed by atoms with Crippen LogP contribution in [0.25, 0.3) is 0 Å². The number of hydrogen-bond donors (Lipinski definition) is 1. The first-order valence-electron chi connectivity index (χ1n) is 6.30. The molecule has 18 heavy (non-hydrogen) atoms. The first-order chi connectivity index (χ1) is 8.43. The maximum absolute atomic E-state index is 12.5. The Morgan fingerprint density at radius 2 is 2.00 bits per heavy atom. The second-order valence-electron chi connectivity index (χ2n) is 4.65. The average Bonchev–Trinajstić information content (AvgIpc) is 2.33. The molecule has 0 amide bonds. The second kappa shape index (κ2) is 6.78. The normalized spacial score (nSPS) is 13.6. The molecule has 1 N–H and O–H groups in total. The lowest BCUT2D eigenvalue weighted by atomic mass is 9.99. The lowest BCUT2D eigenvalue weighted by molar-refractivity contribution is -0.137. The van der Waals surface area contributed by atoms with Gasteiger partial charge in [-0.25, -0.2) is 0 Å². The number of benzene rings is 1. The van der Waals surface area contributed by atoms with E-state index in [9.17, 15) is 13.2 Å². The maximum Gasteiger partial charge on any atom is 0.416 e. The van der Waals surface area contributed by atoms with Crippen LogP contribution in [0.2, 0.25) is 0 Å². The predicted octanol–water partition coefficient (Wildman–Crippen LogP) is 3.88. The topological polar surface area (TPSA) is 12.0 Å². The molecule has 0 aliphatic carbocycles. The van der Waals surface area contributed by atoms with E-state index in [2.05, 4.69) is 12.2 Å². The van der Waals surface area contributed by atoms with Crippen LogP contribution in [0.1, 0.15) is 31.4 Å². The minimum absolute atomic E-state index is 0.472. The molecule has 0 aromatic heterocycles. The van der Waals surface area contributed by atoms with Gasteiger partial charge in [-0.2, -0.15) is 13.2 Å². The van der Waals surface area contributed by atoms with Gasteiger partial charge < -0.3 is 5.32 Å². The van der Waals surface area contributed by atoms with E-state index in [4.69, 9.17) is 0 Å². The quantitative estimate of drug-likeness (QED) is 0.817. The minimum atomic E-state index is -4.24. The van der Waals surface area contributed by atoms with Gasteiger partial charge in [0.1, 0.15) is 0 Å². The highest BCUT2D eigenvalue weighted by Gasteiger charge is 2.30. The van der Waals surface area contributed by atoms with E-state index in [1.54, 1.807) is 6.07 Å². The Kier molecular flexibility index (Phi) is 5.66. The summed E-state index contributed by atoms with van der Waals surface area (Å²) in [7, 11) is 0. The largest absolute Gasteiger partial charge is 0.416 e. The molecule has 0 aliphatic heterocycles. The number of rotatable bonds is 6. The van der Waals surface area contributed by atoms with Crippen LogP contribution in [-0.4, -0.2) is 13.1 Å². The van der Waals surface area contributed by atoms with Crippen LogP contribution in [0.4, 0.5) is 13.2 Å². The van der Waals surface area contributed by atoms with Crippen molar-refractivity contribution in [2.24, 2.45) is 5.92 Å². The number of aryl methyl sites for hydroxylation is 1. The Hall–Kier alpha value is -1.03. The highest BCUT2D eigenvalue weighted by atomic mass is 19.4. The Labute approximate surface area is 106 Å². The van der Waals surface area contributed by atoms with Crippen LogP contribution < -0.4 is 5.32 Å². The molecule has 1 aromatic rings. The van der Waals surface area contributed by atoms with Gasteiger partial charge in [-0.15, -0.1) is 0 Å². The fourth-order valence-corrected chi connectivity index (χ4v) is 1.81. The van der Waals surface area contributed by atoms with E-state index in [1.807, 2.05) is 6.92 Å². The maximum atomic E-state index is 12.5. The summed E-state index contributed by atoms with van der Waals surface area (Å²) in [5.74, 6) is 0.472. The molecular weight excluding hydrogens is 239 g/mol. The molecule has 0 spiro atoms. The fraction of sp³-hybridized carbons (Fsp3) is 0.571. The fourth-order valence-electron chi connectivity index (χ4n) is 1.81. The molecule has 4 heteroatoms. The third kappa shape index (κ3) is 5.08. The molecule has 0 aliphatic rings. The Balaban J connectivity index is 2.52. The van der Waals surface area contributed by atoms with Gasteiger partial charge in [0.05, 0.1) is 5.56 Å². The van der Waals surface area contributed by atoms with Crippen molar-refractivity contribution in [3.63, 3.8) is 0 Å². The Bertz CT molecular complexity index is 360. The first kappa shape index (κ1) is 15.0. The molecule has 1 atom stereocenters. The number of alkyl halides is 3. The van der Waals surface area contributed by atoms with Crippen molar-refractivity contribution < 1.29 is 13.2 Å². The van der Waals surface area contributed by atoms with Crippen molar-refractivity contribution in [1.29, 1.82) is 0 Å². The highest BCUT2D eigenvalue weighted by molar-refractivity contribution is 5.25. The van der Waals surface area contributed by atoms with Gasteiger partial charge >= 0.3 is 6.18 Å². The zero-order valence-corrected chi connectivity index (χ0v) is 10.8. The molecule has 1 nitrogen and oxygen atoms in total. The van der Waals surface area contributed by atoms with Crippen molar-refractivity contribution in [1.82, 2.24) is 5.32 Å². The number of halogens is 3. The van der Waals surface area contributed by atoms with Crippen LogP contribution in [-0.2, 0) is 12.6 Å². The van der Waals surface area contributed by atoms with Crippen molar-refractivity contribution in [2.45, 2.75) is 32.9 Å². The summed E-state index contributed by atoms with van der Waals surface area (Å²) < 4.78 is 37.6.